The van der Waals surface area contributed by atoms with Gasteiger partial charge in [-0.3, -0.25) is 0 Å². The second-order valence-corrected chi connectivity index (χ2v) is 6.59. The number of piperidine rings is 1. The van der Waals surface area contributed by atoms with E-state index in [0.717, 1.165) is 37.2 Å². The molecule has 3 rings (SSSR count). The minimum atomic E-state index is -1.14. The van der Waals surface area contributed by atoms with Gasteiger partial charge in [0, 0.05) is 0 Å². The van der Waals surface area contributed by atoms with E-state index in [4.69, 9.17) is 4.74 Å². The van der Waals surface area contributed by atoms with Crippen LogP contribution in [0.1, 0.15) is 19.3 Å². The van der Waals surface area contributed by atoms with Gasteiger partial charge in [-0.1, -0.05) is 18.2 Å². The Morgan fingerprint density at radius 3 is 2.74 bits per heavy atom. The van der Waals surface area contributed by atoms with Crippen LogP contribution in [0, 0.1) is 0 Å². The third-order valence-electron chi connectivity index (χ3n) is 3.95. The van der Waals surface area contributed by atoms with E-state index in [9.17, 15) is 4.55 Å². The van der Waals surface area contributed by atoms with Gasteiger partial charge < -0.3 is 14.6 Å². The first-order valence-electron chi connectivity index (χ1n) is 6.85. The Morgan fingerprint density at radius 1 is 1.26 bits per heavy atom. The van der Waals surface area contributed by atoms with Gasteiger partial charge in [-0.15, -0.1) is 4.72 Å². The number of nitrogens with one attached hydrogen (secondary N) is 2. The van der Waals surface area contributed by atoms with E-state index in [1.54, 1.807) is 0 Å². The van der Waals surface area contributed by atoms with Crippen LogP contribution < -0.4 is 10.0 Å². The molecule has 1 aromatic carbocycles. The van der Waals surface area contributed by atoms with Crippen molar-refractivity contribution >= 4 is 11.4 Å². The first-order chi connectivity index (χ1) is 9.27. The number of rotatable bonds is 3. The highest BCUT2D eigenvalue weighted by atomic mass is 32.2. The Balaban J connectivity index is 1.57. The molecule has 2 fully saturated rings. The molecule has 0 bridgehead atoms. The van der Waals surface area contributed by atoms with Crippen LogP contribution in [0.15, 0.2) is 35.2 Å². The lowest BCUT2D eigenvalue weighted by molar-refractivity contribution is -0.0193. The van der Waals surface area contributed by atoms with Crippen molar-refractivity contribution in [2.45, 2.75) is 35.8 Å². The van der Waals surface area contributed by atoms with Gasteiger partial charge in [0.15, 0.2) is 4.90 Å². The number of hydrogen-bond acceptors (Lipinski definition) is 4. The fourth-order valence-electron chi connectivity index (χ4n) is 2.91. The number of hydrogen-bond donors (Lipinski definition) is 2. The Hall–Kier alpha value is -0.590. The minimum Gasteiger partial charge on any atom is -0.593 e. The lowest BCUT2D eigenvalue weighted by atomic mass is 9.88. The molecule has 0 aromatic heterocycles. The third-order valence-corrected chi connectivity index (χ3v) is 5.20. The van der Waals surface area contributed by atoms with Crippen LogP contribution in [0.4, 0.5) is 0 Å². The molecule has 2 saturated heterocycles. The SMILES string of the molecule is [O-][S+](NC1COC2(CCNCC2)C1)c1ccccc1. The predicted molar refractivity (Wildman–Crippen MR) is 75.2 cm³/mol. The molecule has 5 heteroatoms. The average Bonchev–Trinajstić information content (AvgIpc) is 2.83. The van der Waals surface area contributed by atoms with Crippen LogP contribution in [0.5, 0.6) is 0 Å². The summed E-state index contributed by atoms with van der Waals surface area (Å²) in [6.45, 7) is 2.71. The van der Waals surface area contributed by atoms with E-state index in [0.29, 0.717) is 6.61 Å². The largest absolute Gasteiger partial charge is 0.593 e. The average molecular weight is 280 g/mol. The smallest absolute Gasteiger partial charge is 0.173 e. The second kappa shape index (κ2) is 5.81. The van der Waals surface area contributed by atoms with Gasteiger partial charge in [-0.25, -0.2) is 0 Å². The molecular weight excluding hydrogens is 260 g/mol. The maximum Gasteiger partial charge on any atom is 0.173 e. The van der Waals surface area contributed by atoms with Crippen molar-refractivity contribution in [1.29, 1.82) is 0 Å². The lowest BCUT2D eigenvalue weighted by Crippen LogP contribution is -2.42. The molecule has 1 spiro atoms. The lowest BCUT2D eigenvalue weighted by Gasteiger charge is -2.32. The summed E-state index contributed by atoms with van der Waals surface area (Å²) in [5, 5.41) is 3.36. The van der Waals surface area contributed by atoms with Crippen molar-refractivity contribution in [1.82, 2.24) is 10.0 Å². The van der Waals surface area contributed by atoms with Crippen molar-refractivity contribution in [2.24, 2.45) is 0 Å². The zero-order valence-electron chi connectivity index (χ0n) is 10.9. The zero-order chi connectivity index (χ0) is 13.1. The maximum atomic E-state index is 12.2. The molecule has 19 heavy (non-hydrogen) atoms. The van der Waals surface area contributed by atoms with Crippen molar-refractivity contribution in [3.05, 3.63) is 30.3 Å². The molecule has 0 saturated carbocycles. The van der Waals surface area contributed by atoms with Gasteiger partial charge >= 0.3 is 0 Å². The van der Waals surface area contributed by atoms with E-state index in [2.05, 4.69) is 10.0 Å². The molecule has 104 valence electrons. The predicted octanol–water partition coefficient (Wildman–Crippen LogP) is 1.21. The van der Waals surface area contributed by atoms with Gasteiger partial charge in [-0.2, -0.15) is 0 Å². The highest BCUT2D eigenvalue weighted by Gasteiger charge is 2.42. The summed E-state index contributed by atoms with van der Waals surface area (Å²) in [5.74, 6) is 0. The summed E-state index contributed by atoms with van der Waals surface area (Å²) in [7, 11) is 0. The Labute approximate surface area is 117 Å². The summed E-state index contributed by atoms with van der Waals surface area (Å²) in [4.78, 5) is 0.828. The molecule has 0 aliphatic carbocycles. The van der Waals surface area contributed by atoms with Gasteiger partial charge in [0.2, 0.25) is 0 Å². The second-order valence-electron chi connectivity index (χ2n) is 5.34. The monoisotopic (exact) mass is 280 g/mol. The topological polar surface area (TPSA) is 56.3 Å². The molecule has 4 nitrogen and oxygen atoms in total. The van der Waals surface area contributed by atoms with Crippen LogP contribution in [-0.2, 0) is 16.1 Å². The van der Waals surface area contributed by atoms with Crippen LogP contribution in [-0.4, -0.2) is 35.9 Å². The minimum absolute atomic E-state index is 0.0177. The van der Waals surface area contributed by atoms with Crippen LogP contribution >= 0.6 is 0 Å². The first-order valence-corrected chi connectivity index (χ1v) is 8.00. The molecule has 2 atom stereocenters. The molecule has 2 aliphatic heterocycles. The standard InChI is InChI=1S/C14H20N2O2S/c17-19(13-4-2-1-3-5-13)16-12-10-14(18-11-12)6-8-15-9-7-14/h1-5,12,15-16H,6-11H2. The Kier molecular flexibility index (Phi) is 4.10. The zero-order valence-corrected chi connectivity index (χ0v) is 11.7. The summed E-state index contributed by atoms with van der Waals surface area (Å²) in [5.41, 5.74) is 0.0177. The Bertz CT molecular complexity index is 409. The van der Waals surface area contributed by atoms with Crippen molar-refractivity contribution in [3.63, 3.8) is 0 Å². The molecule has 2 heterocycles. The molecule has 0 amide bonds. The fraction of sp³-hybridized carbons (Fsp3) is 0.571. The summed E-state index contributed by atoms with van der Waals surface area (Å²) >= 11 is -1.14. The number of ether oxygens (including phenoxy) is 1. The van der Waals surface area contributed by atoms with E-state index >= 15 is 0 Å². The molecule has 1 aromatic rings. The van der Waals surface area contributed by atoms with Gasteiger partial charge in [0.1, 0.15) is 0 Å². The maximum absolute atomic E-state index is 12.2. The molecule has 2 unspecified atom stereocenters. The Morgan fingerprint density at radius 2 is 2.00 bits per heavy atom. The van der Waals surface area contributed by atoms with E-state index in [-0.39, 0.29) is 11.6 Å². The van der Waals surface area contributed by atoms with Crippen molar-refractivity contribution < 1.29 is 9.29 Å². The summed E-state index contributed by atoms with van der Waals surface area (Å²) < 4.78 is 21.4. The van der Waals surface area contributed by atoms with E-state index in [1.165, 1.54) is 0 Å². The molecule has 2 N–H and O–H groups in total. The summed E-state index contributed by atoms with van der Waals surface area (Å²) in [6.07, 6.45) is 3.08. The normalized spacial score (nSPS) is 27.5. The van der Waals surface area contributed by atoms with Gasteiger partial charge in [-0.05, 0) is 44.5 Å². The van der Waals surface area contributed by atoms with Gasteiger partial charge in [0.25, 0.3) is 0 Å². The van der Waals surface area contributed by atoms with Crippen molar-refractivity contribution in [2.75, 3.05) is 19.7 Å². The van der Waals surface area contributed by atoms with Crippen LogP contribution in [0.2, 0.25) is 0 Å². The molecule has 2 aliphatic rings. The third kappa shape index (κ3) is 3.12. The van der Waals surface area contributed by atoms with E-state index in [1.807, 2.05) is 30.3 Å². The van der Waals surface area contributed by atoms with Crippen LogP contribution in [0.25, 0.3) is 0 Å². The quantitative estimate of drug-likeness (QED) is 0.817. The molecular formula is C14H20N2O2S. The van der Waals surface area contributed by atoms with Crippen LogP contribution in [0.3, 0.4) is 0 Å². The van der Waals surface area contributed by atoms with Gasteiger partial charge in [0.05, 0.1) is 29.6 Å². The highest BCUT2D eigenvalue weighted by molar-refractivity contribution is 7.89. The fourth-order valence-corrected chi connectivity index (χ4v) is 3.91. The molecule has 0 radical (unpaired) electrons. The summed E-state index contributed by atoms with van der Waals surface area (Å²) in [6, 6.07) is 9.73. The first kappa shape index (κ1) is 13.4. The van der Waals surface area contributed by atoms with E-state index < -0.39 is 11.4 Å². The highest BCUT2D eigenvalue weighted by Crippen LogP contribution is 2.34. The number of benzene rings is 1. The van der Waals surface area contributed by atoms with Crippen molar-refractivity contribution in [3.8, 4) is 0 Å².